The molecule has 21 heavy (non-hydrogen) atoms. The van der Waals surface area contributed by atoms with Crippen molar-refractivity contribution in [3.05, 3.63) is 52.1 Å². The molecule has 0 aliphatic heterocycles. The number of sulfonamides is 1. The third-order valence-electron chi connectivity index (χ3n) is 2.78. The minimum absolute atomic E-state index is 0.00218. The van der Waals surface area contributed by atoms with Gasteiger partial charge in [-0.3, -0.25) is 0 Å². The van der Waals surface area contributed by atoms with Crippen LogP contribution < -0.4 is 4.72 Å². The monoisotopic (exact) mass is 349 g/mol. The summed E-state index contributed by atoms with van der Waals surface area (Å²) in [5, 5.41) is 0. The predicted molar refractivity (Wildman–Crippen MR) is 80.7 cm³/mol. The molecule has 0 aliphatic carbocycles. The Morgan fingerprint density at radius 3 is 2.71 bits per heavy atom. The second-order valence-electron chi connectivity index (χ2n) is 4.19. The number of hydrogen-bond acceptors (Lipinski definition) is 4. The Labute approximate surface area is 131 Å². The summed E-state index contributed by atoms with van der Waals surface area (Å²) in [4.78, 5) is 0. The number of rotatable bonds is 6. The van der Waals surface area contributed by atoms with Crippen molar-refractivity contribution in [3.8, 4) is 0 Å². The molecule has 1 N–H and O–H groups in total. The smallest absolute Gasteiger partial charge is 0.250 e. The molecule has 8 heteroatoms. The third kappa shape index (κ3) is 4.24. The van der Waals surface area contributed by atoms with E-state index in [4.69, 9.17) is 16.3 Å². The first-order chi connectivity index (χ1) is 9.92. The van der Waals surface area contributed by atoms with E-state index in [-0.39, 0.29) is 10.8 Å². The first kappa shape index (κ1) is 16.4. The Balaban J connectivity index is 2.10. The lowest BCUT2D eigenvalue weighted by molar-refractivity contribution is 0.107. The fourth-order valence-electron chi connectivity index (χ4n) is 1.74. The van der Waals surface area contributed by atoms with Crippen LogP contribution in [-0.2, 0) is 14.8 Å². The highest BCUT2D eigenvalue weighted by molar-refractivity contribution is 7.91. The van der Waals surface area contributed by atoms with Gasteiger partial charge in [0.1, 0.15) is 10.0 Å². The lowest BCUT2D eigenvalue weighted by Gasteiger charge is -2.16. The van der Waals surface area contributed by atoms with E-state index >= 15 is 0 Å². The maximum Gasteiger partial charge on any atom is 0.250 e. The number of hydrogen-bond donors (Lipinski definition) is 1. The van der Waals surface area contributed by atoms with Crippen molar-refractivity contribution in [2.45, 2.75) is 10.3 Å². The molecule has 0 spiro atoms. The minimum atomic E-state index is -3.65. The molecule has 114 valence electrons. The van der Waals surface area contributed by atoms with Gasteiger partial charge in [-0.15, -0.1) is 11.3 Å². The van der Waals surface area contributed by atoms with Gasteiger partial charge >= 0.3 is 0 Å². The molecule has 0 saturated heterocycles. The van der Waals surface area contributed by atoms with Crippen molar-refractivity contribution in [3.63, 3.8) is 0 Å². The molecular weight excluding hydrogens is 337 g/mol. The number of benzene rings is 1. The van der Waals surface area contributed by atoms with Gasteiger partial charge in [0.05, 0.1) is 10.4 Å². The average molecular weight is 350 g/mol. The number of thiophene rings is 1. The van der Waals surface area contributed by atoms with Gasteiger partial charge in [-0.1, -0.05) is 23.7 Å². The SMILES string of the molecule is CO[C@@H](CNS(=O)(=O)c1ccc(Cl)s1)c1cccc(F)c1. The van der Waals surface area contributed by atoms with Crippen molar-refractivity contribution in [2.24, 2.45) is 0 Å². The summed E-state index contributed by atoms with van der Waals surface area (Å²) in [6.45, 7) is -0.00218. The number of halogens is 2. The predicted octanol–water partition coefficient (Wildman–Crippen LogP) is 3.21. The van der Waals surface area contributed by atoms with Crippen LogP contribution in [0.4, 0.5) is 4.39 Å². The first-order valence-corrected chi connectivity index (χ1v) is 8.63. The molecule has 0 unspecified atom stereocenters. The molecular formula is C13H13ClFNO3S2. The summed E-state index contributed by atoms with van der Waals surface area (Å²) in [7, 11) is -2.22. The summed E-state index contributed by atoms with van der Waals surface area (Å²) in [6, 6.07) is 8.79. The number of methoxy groups -OCH3 is 1. The minimum Gasteiger partial charge on any atom is -0.375 e. The van der Waals surface area contributed by atoms with Crippen LogP contribution in [0.3, 0.4) is 0 Å². The normalized spacial score (nSPS) is 13.3. The summed E-state index contributed by atoms with van der Waals surface area (Å²) in [5.74, 6) is -0.401. The molecule has 0 fully saturated rings. The summed E-state index contributed by atoms with van der Waals surface area (Å²) < 4.78 is 45.5. The van der Waals surface area contributed by atoms with Gasteiger partial charge in [0.2, 0.25) is 10.0 Å². The first-order valence-electron chi connectivity index (χ1n) is 5.95. The highest BCUT2D eigenvalue weighted by atomic mass is 35.5. The van der Waals surface area contributed by atoms with Crippen LogP contribution in [0.25, 0.3) is 0 Å². The molecule has 1 atom stereocenters. The molecule has 1 aromatic carbocycles. The zero-order valence-electron chi connectivity index (χ0n) is 11.0. The second kappa shape index (κ2) is 6.85. The summed E-state index contributed by atoms with van der Waals surface area (Å²) in [6.07, 6.45) is -0.578. The van der Waals surface area contributed by atoms with Crippen molar-refractivity contribution in [1.82, 2.24) is 4.72 Å². The van der Waals surface area contributed by atoms with Gasteiger partial charge in [0.15, 0.2) is 0 Å². The van der Waals surface area contributed by atoms with E-state index in [1.807, 2.05) is 0 Å². The maximum absolute atomic E-state index is 13.2. The van der Waals surface area contributed by atoms with Gasteiger partial charge in [-0.2, -0.15) is 0 Å². The Morgan fingerprint density at radius 2 is 2.14 bits per heavy atom. The van der Waals surface area contributed by atoms with Crippen molar-refractivity contribution in [2.75, 3.05) is 13.7 Å². The van der Waals surface area contributed by atoms with Crippen molar-refractivity contribution < 1.29 is 17.5 Å². The molecule has 1 heterocycles. The molecule has 1 aromatic heterocycles. The van der Waals surface area contributed by atoms with Crippen molar-refractivity contribution >= 4 is 33.0 Å². The Bertz CT molecular complexity index is 718. The van der Waals surface area contributed by atoms with Gasteiger partial charge < -0.3 is 4.74 Å². The van der Waals surface area contributed by atoms with E-state index in [9.17, 15) is 12.8 Å². The fourth-order valence-corrected chi connectivity index (χ4v) is 4.30. The van der Waals surface area contributed by atoms with E-state index in [1.54, 1.807) is 12.1 Å². The lowest BCUT2D eigenvalue weighted by Crippen LogP contribution is -2.28. The molecule has 2 rings (SSSR count). The Morgan fingerprint density at radius 1 is 1.38 bits per heavy atom. The van der Waals surface area contributed by atoms with Crippen LogP contribution in [0.15, 0.2) is 40.6 Å². The van der Waals surface area contributed by atoms with E-state index in [1.165, 1.54) is 31.4 Å². The average Bonchev–Trinajstić information content (AvgIpc) is 2.87. The number of ether oxygens (including phenoxy) is 1. The number of nitrogens with one attached hydrogen (secondary N) is 1. The zero-order valence-corrected chi connectivity index (χ0v) is 13.4. The van der Waals surface area contributed by atoms with E-state index in [2.05, 4.69) is 4.72 Å². The van der Waals surface area contributed by atoms with Gasteiger partial charge in [0.25, 0.3) is 0 Å². The van der Waals surface area contributed by atoms with Crippen LogP contribution in [0.1, 0.15) is 11.7 Å². The van der Waals surface area contributed by atoms with Gasteiger partial charge in [-0.25, -0.2) is 17.5 Å². The van der Waals surface area contributed by atoms with Crippen LogP contribution in [0.2, 0.25) is 4.34 Å². The van der Waals surface area contributed by atoms with Crippen molar-refractivity contribution in [1.29, 1.82) is 0 Å². The van der Waals surface area contributed by atoms with E-state index < -0.39 is 21.9 Å². The molecule has 2 aromatic rings. The quantitative estimate of drug-likeness (QED) is 0.871. The highest BCUT2D eigenvalue weighted by Gasteiger charge is 2.19. The largest absolute Gasteiger partial charge is 0.375 e. The zero-order chi connectivity index (χ0) is 15.5. The fraction of sp³-hybridized carbons (Fsp3) is 0.231. The third-order valence-corrected chi connectivity index (χ3v) is 5.92. The molecule has 0 bridgehead atoms. The summed E-state index contributed by atoms with van der Waals surface area (Å²) >= 11 is 6.70. The molecule has 4 nitrogen and oxygen atoms in total. The topological polar surface area (TPSA) is 55.4 Å². The standard InChI is InChI=1S/C13H13ClFNO3S2/c1-19-11(9-3-2-4-10(15)7-9)8-16-21(17,18)13-6-5-12(14)20-13/h2-7,11,16H,8H2,1H3/t11-/m0/s1. The van der Waals surface area contributed by atoms with Gasteiger partial charge in [-0.05, 0) is 29.8 Å². The van der Waals surface area contributed by atoms with Crippen LogP contribution in [0, 0.1) is 5.82 Å². The van der Waals surface area contributed by atoms with E-state index in [0.29, 0.717) is 9.90 Å². The second-order valence-corrected chi connectivity index (χ2v) is 7.90. The van der Waals surface area contributed by atoms with E-state index in [0.717, 1.165) is 11.3 Å². The van der Waals surface area contributed by atoms with Gasteiger partial charge in [0, 0.05) is 13.7 Å². The van der Waals surface area contributed by atoms with Crippen LogP contribution in [0.5, 0.6) is 0 Å². The Hall–Kier alpha value is -0.990. The molecule has 0 aliphatic rings. The van der Waals surface area contributed by atoms with Crippen LogP contribution >= 0.6 is 22.9 Å². The maximum atomic E-state index is 13.2. The lowest BCUT2D eigenvalue weighted by atomic mass is 10.1. The summed E-state index contributed by atoms with van der Waals surface area (Å²) in [5.41, 5.74) is 0.560. The molecule has 0 saturated carbocycles. The Kier molecular flexibility index (Phi) is 5.34. The van der Waals surface area contributed by atoms with Crippen LogP contribution in [-0.4, -0.2) is 22.1 Å². The molecule has 0 amide bonds. The highest BCUT2D eigenvalue weighted by Crippen LogP contribution is 2.26. The molecule has 0 radical (unpaired) electrons.